The van der Waals surface area contributed by atoms with Crippen LogP contribution in [0.2, 0.25) is 0 Å². The third kappa shape index (κ3) is 3.85. The molecule has 5 rings (SSSR count). The molecule has 2 aromatic rings. The molecule has 0 saturated heterocycles. The molecule has 31 heavy (non-hydrogen) atoms. The molecule has 0 radical (unpaired) electrons. The summed E-state index contributed by atoms with van der Waals surface area (Å²) in [5, 5.41) is 32.6. The molecule has 9 heteroatoms. The number of aliphatic hydroxyl groups excluding tert-OH is 1. The van der Waals surface area contributed by atoms with E-state index in [4.69, 9.17) is 4.74 Å². The largest absolute Gasteiger partial charge is 0.507 e. The predicted molar refractivity (Wildman–Crippen MR) is 106 cm³/mol. The molecule has 1 aromatic heterocycles. The minimum absolute atomic E-state index is 0.130. The lowest BCUT2D eigenvalue weighted by molar-refractivity contribution is -0.137. The van der Waals surface area contributed by atoms with Crippen LogP contribution in [0.25, 0.3) is 11.3 Å². The smallest absolute Gasteiger partial charge is 0.416 e. The molecule has 2 aliphatic carbocycles. The zero-order chi connectivity index (χ0) is 21.8. The maximum Gasteiger partial charge on any atom is 0.416 e. The average molecular weight is 435 g/mol. The Kier molecular flexibility index (Phi) is 4.86. The molecule has 1 aromatic carbocycles. The van der Waals surface area contributed by atoms with Crippen molar-refractivity contribution >= 4 is 5.82 Å². The number of phenolic OH excluding ortho intramolecular Hbond substituents is 1. The van der Waals surface area contributed by atoms with Gasteiger partial charge in [0.25, 0.3) is 0 Å². The van der Waals surface area contributed by atoms with E-state index in [-0.39, 0.29) is 17.2 Å². The summed E-state index contributed by atoms with van der Waals surface area (Å²) >= 11 is 0. The fraction of sp³-hybridized carbons (Fsp3) is 0.545. The molecule has 0 unspecified atom stereocenters. The summed E-state index contributed by atoms with van der Waals surface area (Å²) in [4.78, 5) is 0. The molecule has 1 aliphatic heterocycles. The first-order valence-electron chi connectivity index (χ1n) is 10.6. The summed E-state index contributed by atoms with van der Waals surface area (Å²) < 4.78 is 45.1. The van der Waals surface area contributed by atoms with E-state index in [9.17, 15) is 23.4 Å². The Labute approximate surface area is 177 Å². The van der Waals surface area contributed by atoms with Crippen LogP contribution in [0.5, 0.6) is 5.75 Å². The fourth-order valence-corrected chi connectivity index (χ4v) is 4.61. The second-order valence-electron chi connectivity index (χ2n) is 8.84. The number of anilines is 1. The van der Waals surface area contributed by atoms with Gasteiger partial charge in [-0.3, -0.25) is 0 Å². The second kappa shape index (κ2) is 7.34. The van der Waals surface area contributed by atoms with Crippen LogP contribution in [0, 0.1) is 0 Å². The average Bonchev–Trinajstić information content (AvgIpc) is 3.48. The van der Waals surface area contributed by atoms with E-state index in [1.807, 2.05) is 0 Å². The maximum atomic E-state index is 13.0. The van der Waals surface area contributed by atoms with Crippen LogP contribution in [0.15, 0.2) is 18.2 Å². The number of halogens is 3. The van der Waals surface area contributed by atoms with Crippen LogP contribution < -0.4 is 5.32 Å². The van der Waals surface area contributed by atoms with Gasteiger partial charge in [0.2, 0.25) is 0 Å². The summed E-state index contributed by atoms with van der Waals surface area (Å²) in [6.45, 7) is 0.310. The van der Waals surface area contributed by atoms with Crippen molar-refractivity contribution in [2.75, 3.05) is 5.32 Å². The minimum atomic E-state index is -4.54. The zero-order valence-electron chi connectivity index (χ0n) is 16.9. The van der Waals surface area contributed by atoms with Gasteiger partial charge in [0, 0.05) is 17.5 Å². The molecule has 6 nitrogen and oxygen atoms in total. The summed E-state index contributed by atoms with van der Waals surface area (Å²) in [7, 11) is 0. The number of hydrogen-bond donors (Lipinski definition) is 3. The van der Waals surface area contributed by atoms with Crippen molar-refractivity contribution < 1.29 is 28.1 Å². The molecular weight excluding hydrogens is 411 g/mol. The topological polar surface area (TPSA) is 87.5 Å². The molecule has 2 atom stereocenters. The van der Waals surface area contributed by atoms with Crippen LogP contribution in [0.4, 0.5) is 19.0 Å². The van der Waals surface area contributed by atoms with Crippen molar-refractivity contribution in [1.29, 1.82) is 0 Å². The summed E-state index contributed by atoms with van der Waals surface area (Å²) in [5.41, 5.74) is 1.06. The first-order valence-corrected chi connectivity index (χ1v) is 10.6. The number of aliphatic hydroxyl groups is 1. The molecule has 2 heterocycles. The number of nitrogens with zero attached hydrogens (tertiary/aromatic N) is 2. The molecule has 2 fully saturated rings. The van der Waals surface area contributed by atoms with E-state index < -0.39 is 23.6 Å². The maximum absolute atomic E-state index is 13.0. The molecule has 3 aliphatic rings. The first kappa shape index (κ1) is 20.5. The van der Waals surface area contributed by atoms with Gasteiger partial charge in [0.15, 0.2) is 5.82 Å². The SMILES string of the molecule is Oc1cc(C(F)(F)F)ccc1-c1nnc(N[C@@H]2CCCC[C@H]2O)c2c1CC1(CC1)OC2. The van der Waals surface area contributed by atoms with Gasteiger partial charge >= 0.3 is 6.18 Å². The number of ether oxygens (including phenoxy) is 1. The van der Waals surface area contributed by atoms with Crippen molar-refractivity contribution in [3.8, 4) is 17.0 Å². The lowest BCUT2D eigenvalue weighted by Crippen LogP contribution is -2.37. The highest BCUT2D eigenvalue weighted by Crippen LogP contribution is 2.49. The minimum Gasteiger partial charge on any atom is -0.507 e. The van der Waals surface area contributed by atoms with E-state index in [2.05, 4.69) is 15.5 Å². The van der Waals surface area contributed by atoms with Gasteiger partial charge in [-0.25, -0.2) is 0 Å². The molecular formula is C22H24F3N3O3. The van der Waals surface area contributed by atoms with Crippen LogP contribution >= 0.6 is 0 Å². The molecule has 166 valence electrons. The van der Waals surface area contributed by atoms with Crippen molar-refractivity contribution in [1.82, 2.24) is 10.2 Å². The number of aromatic hydroxyl groups is 1. The Morgan fingerprint density at radius 3 is 2.55 bits per heavy atom. The second-order valence-corrected chi connectivity index (χ2v) is 8.84. The summed E-state index contributed by atoms with van der Waals surface area (Å²) in [5.74, 6) is 0.0534. The lowest BCUT2D eigenvalue weighted by atomic mass is 9.91. The van der Waals surface area contributed by atoms with Gasteiger partial charge in [-0.2, -0.15) is 13.2 Å². The van der Waals surface area contributed by atoms with Gasteiger partial charge in [0.1, 0.15) is 11.4 Å². The molecule has 3 N–H and O–H groups in total. The number of benzene rings is 1. The van der Waals surface area contributed by atoms with Gasteiger partial charge in [0.05, 0.1) is 29.9 Å². The fourth-order valence-electron chi connectivity index (χ4n) is 4.61. The van der Waals surface area contributed by atoms with Gasteiger partial charge in [-0.1, -0.05) is 12.8 Å². The van der Waals surface area contributed by atoms with Crippen LogP contribution in [0.1, 0.15) is 55.2 Å². The van der Waals surface area contributed by atoms with Crippen molar-refractivity contribution in [3.63, 3.8) is 0 Å². The van der Waals surface area contributed by atoms with Crippen molar-refractivity contribution in [3.05, 3.63) is 34.9 Å². The third-order valence-corrected chi connectivity index (χ3v) is 6.65. The van der Waals surface area contributed by atoms with E-state index >= 15 is 0 Å². The quantitative estimate of drug-likeness (QED) is 0.670. The standard InChI is InChI=1S/C22H24F3N3O3/c23-22(24,25)12-5-6-13(18(30)9-12)19-14-10-21(7-8-21)31-11-15(14)20(28-27-19)26-16-3-1-2-4-17(16)29/h5-6,9,16-17,29-30H,1-4,7-8,10-11H2,(H,26,28)/t16-,17-/m1/s1. The van der Waals surface area contributed by atoms with Gasteiger partial charge in [-0.05, 0) is 49.4 Å². The lowest BCUT2D eigenvalue weighted by Gasteiger charge is -2.32. The molecule has 0 amide bonds. The van der Waals surface area contributed by atoms with Crippen molar-refractivity contribution in [2.24, 2.45) is 0 Å². The molecule has 2 saturated carbocycles. The Balaban J connectivity index is 1.54. The summed E-state index contributed by atoms with van der Waals surface area (Å²) in [6, 6.07) is 2.78. The Bertz CT molecular complexity index is 1010. The van der Waals surface area contributed by atoms with Crippen molar-refractivity contribution in [2.45, 2.75) is 75.5 Å². The number of nitrogens with one attached hydrogen (secondary N) is 1. The molecule has 0 bridgehead atoms. The normalized spacial score (nSPS) is 24.6. The van der Waals surface area contributed by atoms with Crippen LogP contribution in [-0.4, -0.2) is 38.2 Å². The van der Waals surface area contributed by atoms with Crippen LogP contribution in [-0.2, 0) is 23.9 Å². The van der Waals surface area contributed by atoms with E-state index in [1.165, 1.54) is 6.07 Å². The monoisotopic (exact) mass is 435 g/mol. The number of hydrogen-bond acceptors (Lipinski definition) is 6. The Morgan fingerprint density at radius 1 is 1.10 bits per heavy atom. The highest BCUT2D eigenvalue weighted by atomic mass is 19.4. The highest BCUT2D eigenvalue weighted by molar-refractivity contribution is 5.73. The number of aromatic nitrogens is 2. The van der Waals surface area contributed by atoms with E-state index in [0.29, 0.717) is 24.5 Å². The van der Waals surface area contributed by atoms with Gasteiger partial charge < -0.3 is 20.3 Å². The predicted octanol–water partition coefficient (Wildman–Crippen LogP) is 4.19. The number of alkyl halides is 3. The van der Waals surface area contributed by atoms with Crippen LogP contribution in [0.3, 0.4) is 0 Å². The number of rotatable bonds is 3. The Morgan fingerprint density at radius 2 is 1.87 bits per heavy atom. The van der Waals surface area contributed by atoms with E-state index in [0.717, 1.165) is 61.8 Å². The molecule has 1 spiro atoms. The zero-order valence-corrected chi connectivity index (χ0v) is 16.9. The number of phenols is 1. The van der Waals surface area contributed by atoms with E-state index in [1.54, 1.807) is 0 Å². The number of fused-ring (bicyclic) bond motifs is 1. The summed E-state index contributed by atoms with van der Waals surface area (Å²) in [6.07, 6.45) is 0.937. The third-order valence-electron chi connectivity index (χ3n) is 6.65. The Hall–Kier alpha value is -2.39. The first-order chi connectivity index (χ1) is 14.8. The highest BCUT2D eigenvalue weighted by Gasteiger charge is 2.48. The van der Waals surface area contributed by atoms with Gasteiger partial charge in [-0.15, -0.1) is 10.2 Å².